The van der Waals surface area contributed by atoms with Crippen LogP contribution in [-0.4, -0.2) is 43.9 Å². The van der Waals surface area contributed by atoms with Gasteiger partial charge in [0.05, 0.1) is 39.4 Å². The zero-order chi connectivity index (χ0) is 32.0. The molecule has 0 aliphatic carbocycles. The third-order valence-corrected chi connectivity index (χ3v) is 11.1. The lowest BCUT2D eigenvalue weighted by Crippen LogP contribution is -2.51. The Hall–Kier alpha value is 0.0700. The molecule has 264 valence electrons. The molecule has 0 aromatic heterocycles. The van der Waals surface area contributed by atoms with Gasteiger partial charge in [-0.25, -0.2) is 0 Å². The van der Waals surface area contributed by atoms with Crippen LogP contribution >= 0.6 is 7.82 Å². The first-order chi connectivity index (χ1) is 21.4. The first-order valence-corrected chi connectivity index (χ1v) is 21.3. The second-order valence-corrected chi connectivity index (χ2v) is 15.9. The Bertz CT molecular complexity index is 653. The first kappa shape index (κ1) is 42.1. The Labute approximate surface area is 276 Å². The van der Waals surface area contributed by atoms with Gasteiger partial charge in [-0.05, 0) is 19.3 Å². The molecule has 1 atom stereocenters. The SMILES string of the molecule is CCCCCCCCCCCCCCCCOP(=O)([O-])OC1CC[N+](C)(CCCCCCCCCCCCCCCC)CC1. The monoisotopic (exact) mass is 644 g/mol. The first-order valence-electron chi connectivity index (χ1n) is 19.9. The minimum Gasteiger partial charge on any atom is -0.756 e. The Morgan fingerprint density at radius 1 is 0.545 bits per heavy atom. The summed E-state index contributed by atoms with van der Waals surface area (Å²) < 4.78 is 24.2. The van der Waals surface area contributed by atoms with Crippen molar-refractivity contribution in [3.8, 4) is 0 Å². The molecule has 1 fully saturated rings. The summed E-state index contributed by atoms with van der Waals surface area (Å²) in [6.45, 7) is 8.03. The predicted octanol–water partition coefficient (Wildman–Crippen LogP) is 12.1. The lowest BCUT2D eigenvalue weighted by atomic mass is 10.0. The van der Waals surface area contributed by atoms with Gasteiger partial charge in [-0.3, -0.25) is 4.57 Å². The van der Waals surface area contributed by atoms with E-state index in [-0.39, 0.29) is 12.7 Å². The van der Waals surface area contributed by atoms with E-state index in [1.54, 1.807) is 0 Å². The fourth-order valence-corrected chi connectivity index (χ4v) is 7.86. The number of likely N-dealkylation sites (tertiary alicyclic amines) is 1. The highest BCUT2D eigenvalue weighted by Crippen LogP contribution is 2.42. The molecular weight excluding hydrogens is 565 g/mol. The number of quaternary nitrogens is 1. The Morgan fingerprint density at radius 2 is 0.864 bits per heavy atom. The van der Waals surface area contributed by atoms with Gasteiger partial charge >= 0.3 is 0 Å². The molecule has 5 nitrogen and oxygen atoms in total. The van der Waals surface area contributed by atoms with E-state index in [0.717, 1.165) is 43.3 Å². The summed E-state index contributed by atoms with van der Waals surface area (Å²) >= 11 is 0. The highest BCUT2D eigenvalue weighted by atomic mass is 31.2. The van der Waals surface area contributed by atoms with Gasteiger partial charge < -0.3 is 18.4 Å². The van der Waals surface area contributed by atoms with Gasteiger partial charge in [0.2, 0.25) is 0 Å². The Kier molecular flexibility index (Phi) is 28.0. The molecule has 0 aromatic rings. The summed E-state index contributed by atoms with van der Waals surface area (Å²) in [5, 5.41) is 0. The summed E-state index contributed by atoms with van der Waals surface area (Å²) in [6, 6.07) is 0. The number of hydrogen-bond donors (Lipinski definition) is 0. The number of hydrogen-bond acceptors (Lipinski definition) is 4. The quantitative estimate of drug-likeness (QED) is 0.0405. The zero-order valence-corrected chi connectivity index (χ0v) is 31.0. The smallest absolute Gasteiger partial charge is 0.268 e. The molecule has 0 N–H and O–H groups in total. The van der Waals surface area contributed by atoms with E-state index < -0.39 is 7.82 Å². The molecule has 1 aliphatic rings. The molecule has 1 saturated heterocycles. The third kappa shape index (κ3) is 26.2. The van der Waals surface area contributed by atoms with Crippen LogP contribution in [0.3, 0.4) is 0 Å². The average molecular weight is 644 g/mol. The number of rotatable bonds is 33. The van der Waals surface area contributed by atoms with E-state index >= 15 is 0 Å². The number of phosphoric acid groups is 1. The minimum absolute atomic E-state index is 0.211. The van der Waals surface area contributed by atoms with Crippen LogP contribution in [0.4, 0.5) is 0 Å². The second-order valence-electron chi connectivity index (χ2n) is 14.6. The van der Waals surface area contributed by atoms with Crippen LogP contribution in [0.15, 0.2) is 0 Å². The molecule has 0 amide bonds. The molecule has 0 spiro atoms. The third-order valence-electron chi connectivity index (χ3n) is 10.1. The molecule has 0 bridgehead atoms. The molecule has 1 unspecified atom stereocenters. The van der Waals surface area contributed by atoms with E-state index in [9.17, 15) is 9.46 Å². The van der Waals surface area contributed by atoms with Gasteiger partial charge in [-0.2, -0.15) is 0 Å². The molecule has 0 aromatic carbocycles. The van der Waals surface area contributed by atoms with Gasteiger partial charge in [-0.15, -0.1) is 0 Å². The van der Waals surface area contributed by atoms with E-state index in [0.29, 0.717) is 0 Å². The zero-order valence-electron chi connectivity index (χ0n) is 30.1. The van der Waals surface area contributed by atoms with Gasteiger partial charge in [0.15, 0.2) is 0 Å². The normalized spacial score (nSPS) is 20.2. The van der Waals surface area contributed by atoms with Crippen molar-refractivity contribution in [1.29, 1.82) is 0 Å². The largest absolute Gasteiger partial charge is 0.756 e. The molecular formula is C38H78NO4P. The van der Waals surface area contributed by atoms with E-state index in [2.05, 4.69) is 20.9 Å². The van der Waals surface area contributed by atoms with Crippen LogP contribution in [0, 0.1) is 0 Å². The van der Waals surface area contributed by atoms with Gasteiger partial charge in [0.25, 0.3) is 7.82 Å². The van der Waals surface area contributed by atoms with Crippen molar-refractivity contribution in [2.75, 3.05) is 33.3 Å². The number of nitrogens with zero attached hydrogens (tertiary/aromatic N) is 1. The lowest BCUT2D eigenvalue weighted by molar-refractivity contribution is -0.915. The number of piperidine rings is 1. The summed E-state index contributed by atoms with van der Waals surface area (Å²) in [7, 11) is -1.86. The van der Waals surface area contributed by atoms with Gasteiger partial charge in [0.1, 0.15) is 0 Å². The van der Waals surface area contributed by atoms with Crippen LogP contribution in [0.25, 0.3) is 0 Å². The summed E-state index contributed by atoms with van der Waals surface area (Å²) in [5.41, 5.74) is 0. The highest BCUT2D eigenvalue weighted by Gasteiger charge is 2.32. The maximum atomic E-state index is 12.4. The lowest BCUT2D eigenvalue weighted by Gasteiger charge is -2.41. The highest BCUT2D eigenvalue weighted by molar-refractivity contribution is 7.45. The van der Waals surface area contributed by atoms with Crippen LogP contribution in [0.1, 0.15) is 206 Å². The van der Waals surface area contributed by atoms with Gasteiger partial charge in [-0.1, -0.05) is 174 Å². The van der Waals surface area contributed by atoms with Crippen LogP contribution in [0.2, 0.25) is 0 Å². The minimum atomic E-state index is -4.20. The molecule has 1 aliphatic heterocycles. The topological polar surface area (TPSA) is 58.6 Å². The molecule has 0 saturated carbocycles. The second kappa shape index (κ2) is 29.2. The fraction of sp³-hybridized carbons (Fsp3) is 1.00. The standard InChI is InChI=1S/C38H78NO4P/c1-4-6-8-10-12-14-16-18-20-22-24-26-28-30-34-39(3)35-32-38(33-36-39)43-44(40,41)42-37-31-29-27-25-23-21-19-17-15-13-11-9-7-5-2/h38H,4-37H2,1-3H3. The van der Waals surface area contributed by atoms with Crippen molar-refractivity contribution in [1.82, 2.24) is 0 Å². The maximum absolute atomic E-state index is 12.4. The van der Waals surface area contributed by atoms with Crippen LogP contribution in [-0.2, 0) is 13.6 Å². The molecule has 1 rings (SSSR count). The van der Waals surface area contributed by atoms with Crippen LogP contribution in [0.5, 0.6) is 0 Å². The van der Waals surface area contributed by atoms with Gasteiger partial charge in [0, 0.05) is 12.8 Å². The molecule has 1 heterocycles. The Morgan fingerprint density at radius 3 is 1.23 bits per heavy atom. The maximum Gasteiger partial charge on any atom is 0.268 e. The van der Waals surface area contributed by atoms with E-state index in [1.165, 1.54) is 173 Å². The Balaban J connectivity index is 1.93. The van der Waals surface area contributed by atoms with E-state index in [1.807, 2.05) is 0 Å². The predicted molar refractivity (Wildman–Crippen MR) is 189 cm³/mol. The van der Waals surface area contributed by atoms with Crippen molar-refractivity contribution >= 4 is 7.82 Å². The van der Waals surface area contributed by atoms with Crippen molar-refractivity contribution in [2.45, 2.75) is 213 Å². The van der Waals surface area contributed by atoms with Crippen molar-refractivity contribution < 1.29 is 23.0 Å². The molecule has 0 radical (unpaired) electrons. The average Bonchev–Trinajstić information content (AvgIpc) is 3.00. The summed E-state index contributed by atoms with van der Waals surface area (Å²) in [5.74, 6) is 0. The van der Waals surface area contributed by atoms with Crippen LogP contribution < -0.4 is 4.89 Å². The van der Waals surface area contributed by atoms with Crippen molar-refractivity contribution in [2.24, 2.45) is 0 Å². The molecule has 44 heavy (non-hydrogen) atoms. The van der Waals surface area contributed by atoms with E-state index in [4.69, 9.17) is 9.05 Å². The molecule has 6 heteroatoms. The summed E-state index contributed by atoms with van der Waals surface area (Å²) in [4.78, 5) is 12.4. The van der Waals surface area contributed by atoms with Crippen molar-refractivity contribution in [3.05, 3.63) is 0 Å². The number of phosphoric ester groups is 1. The fourth-order valence-electron chi connectivity index (χ4n) is 6.87. The van der Waals surface area contributed by atoms with Crippen molar-refractivity contribution in [3.63, 3.8) is 0 Å². The number of unbranched alkanes of at least 4 members (excludes halogenated alkanes) is 26. The summed E-state index contributed by atoms with van der Waals surface area (Å²) in [6.07, 6.45) is 38.9.